The van der Waals surface area contributed by atoms with Gasteiger partial charge in [-0.25, -0.2) is 0 Å². The Labute approximate surface area is 130 Å². The topological polar surface area (TPSA) is 38.8 Å². The Kier molecular flexibility index (Phi) is 4.62. The molecule has 5 heteroatoms. The summed E-state index contributed by atoms with van der Waals surface area (Å²) < 4.78 is 11.7. The van der Waals surface area contributed by atoms with Crippen LogP contribution in [0, 0.1) is 5.41 Å². The van der Waals surface area contributed by atoms with E-state index in [0.717, 1.165) is 44.5 Å². The molecule has 116 valence electrons. The number of likely N-dealkylation sites (tertiary alicyclic amines) is 1. The van der Waals surface area contributed by atoms with Gasteiger partial charge in [-0.15, -0.1) is 0 Å². The summed E-state index contributed by atoms with van der Waals surface area (Å²) in [4.78, 5) is 14.6. The molecule has 2 fully saturated rings. The SMILES string of the molecule is CCOC[C@]12CCCO[C@H]1CCN(C(=O)c1ccsc1)C2. The van der Waals surface area contributed by atoms with Crippen molar-refractivity contribution in [3.63, 3.8) is 0 Å². The lowest BCUT2D eigenvalue weighted by molar-refractivity contribution is -0.146. The van der Waals surface area contributed by atoms with Crippen molar-refractivity contribution in [2.24, 2.45) is 5.41 Å². The number of hydrogen-bond acceptors (Lipinski definition) is 4. The van der Waals surface area contributed by atoms with Crippen molar-refractivity contribution >= 4 is 17.2 Å². The van der Waals surface area contributed by atoms with E-state index in [1.165, 1.54) is 0 Å². The van der Waals surface area contributed by atoms with Gasteiger partial charge >= 0.3 is 0 Å². The molecule has 1 aromatic heterocycles. The third-order valence-electron chi connectivity index (χ3n) is 4.64. The summed E-state index contributed by atoms with van der Waals surface area (Å²) in [5.41, 5.74) is 0.791. The minimum Gasteiger partial charge on any atom is -0.381 e. The van der Waals surface area contributed by atoms with Crippen molar-refractivity contribution in [1.29, 1.82) is 0 Å². The largest absolute Gasteiger partial charge is 0.381 e. The van der Waals surface area contributed by atoms with E-state index >= 15 is 0 Å². The molecule has 0 unspecified atom stereocenters. The molecule has 0 spiro atoms. The number of carbonyl (C=O) groups is 1. The number of hydrogen-bond donors (Lipinski definition) is 0. The lowest BCUT2D eigenvalue weighted by Crippen LogP contribution is -2.58. The normalized spacial score (nSPS) is 29.2. The van der Waals surface area contributed by atoms with Crippen molar-refractivity contribution in [2.45, 2.75) is 32.3 Å². The Balaban J connectivity index is 1.76. The molecule has 0 saturated carbocycles. The fraction of sp³-hybridized carbons (Fsp3) is 0.688. The molecule has 0 aromatic carbocycles. The highest BCUT2D eigenvalue weighted by atomic mass is 32.1. The van der Waals surface area contributed by atoms with Gasteiger partial charge in [0.15, 0.2) is 0 Å². The van der Waals surface area contributed by atoms with Crippen LogP contribution in [0.2, 0.25) is 0 Å². The van der Waals surface area contributed by atoms with Crippen LogP contribution in [-0.4, -0.2) is 49.8 Å². The van der Waals surface area contributed by atoms with E-state index in [4.69, 9.17) is 9.47 Å². The average molecular weight is 309 g/mol. The molecule has 1 aromatic rings. The Morgan fingerprint density at radius 2 is 2.52 bits per heavy atom. The first kappa shape index (κ1) is 15.0. The van der Waals surface area contributed by atoms with Gasteiger partial charge in [-0.3, -0.25) is 4.79 Å². The molecule has 2 aliphatic heterocycles. The summed E-state index contributed by atoms with van der Waals surface area (Å²) in [6, 6.07) is 1.91. The molecule has 1 amide bonds. The van der Waals surface area contributed by atoms with Crippen LogP contribution in [0.4, 0.5) is 0 Å². The molecular weight excluding hydrogens is 286 g/mol. The summed E-state index contributed by atoms with van der Waals surface area (Å²) in [6.45, 7) is 5.82. The predicted molar refractivity (Wildman–Crippen MR) is 82.7 cm³/mol. The smallest absolute Gasteiger partial charge is 0.254 e. The zero-order valence-corrected chi connectivity index (χ0v) is 13.4. The maximum Gasteiger partial charge on any atom is 0.254 e. The zero-order valence-electron chi connectivity index (χ0n) is 12.5. The van der Waals surface area contributed by atoms with Crippen LogP contribution >= 0.6 is 11.3 Å². The molecule has 4 nitrogen and oxygen atoms in total. The van der Waals surface area contributed by atoms with Gasteiger partial charge in [-0.1, -0.05) is 0 Å². The van der Waals surface area contributed by atoms with Crippen molar-refractivity contribution in [2.75, 3.05) is 32.9 Å². The highest BCUT2D eigenvalue weighted by Crippen LogP contribution is 2.40. The zero-order chi connectivity index (χ0) is 14.7. The number of fused-ring (bicyclic) bond motifs is 1. The van der Waals surface area contributed by atoms with E-state index in [0.29, 0.717) is 13.2 Å². The van der Waals surface area contributed by atoms with E-state index in [2.05, 4.69) is 0 Å². The lowest BCUT2D eigenvalue weighted by Gasteiger charge is -2.50. The van der Waals surface area contributed by atoms with Gasteiger partial charge in [0, 0.05) is 37.1 Å². The van der Waals surface area contributed by atoms with Crippen LogP contribution < -0.4 is 0 Å². The van der Waals surface area contributed by atoms with Crippen LogP contribution in [0.25, 0.3) is 0 Å². The summed E-state index contributed by atoms with van der Waals surface area (Å²) in [5, 5.41) is 3.89. The van der Waals surface area contributed by atoms with Crippen LogP contribution in [0.15, 0.2) is 16.8 Å². The number of rotatable bonds is 4. The molecule has 0 aliphatic carbocycles. The van der Waals surface area contributed by atoms with Crippen LogP contribution in [-0.2, 0) is 9.47 Å². The minimum absolute atomic E-state index is 0.0157. The van der Waals surface area contributed by atoms with Gasteiger partial charge in [0.05, 0.1) is 18.3 Å². The van der Waals surface area contributed by atoms with Crippen molar-refractivity contribution in [3.8, 4) is 0 Å². The van der Waals surface area contributed by atoms with Gasteiger partial charge in [0.2, 0.25) is 0 Å². The van der Waals surface area contributed by atoms with Crippen molar-refractivity contribution < 1.29 is 14.3 Å². The maximum absolute atomic E-state index is 12.6. The Bertz CT molecular complexity index is 476. The highest BCUT2D eigenvalue weighted by molar-refractivity contribution is 7.08. The van der Waals surface area contributed by atoms with Crippen molar-refractivity contribution in [1.82, 2.24) is 4.90 Å². The molecule has 0 N–H and O–H groups in total. The van der Waals surface area contributed by atoms with Crippen LogP contribution in [0.1, 0.15) is 36.5 Å². The number of ether oxygens (including phenoxy) is 2. The molecule has 0 bridgehead atoms. The number of amides is 1. The second kappa shape index (κ2) is 6.46. The third-order valence-corrected chi connectivity index (χ3v) is 5.32. The fourth-order valence-corrected chi connectivity index (χ4v) is 4.18. The third kappa shape index (κ3) is 3.00. The number of piperidine rings is 1. The number of nitrogens with zero attached hydrogens (tertiary/aromatic N) is 1. The Morgan fingerprint density at radius 1 is 1.62 bits per heavy atom. The summed E-state index contributed by atoms with van der Waals surface area (Å²) >= 11 is 1.57. The summed E-state index contributed by atoms with van der Waals surface area (Å²) in [5.74, 6) is 0.149. The Morgan fingerprint density at radius 3 is 3.29 bits per heavy atom. The molecule has 0 radical (unpaired) electrons. The second-order valence-corrected chi connectivity index (χ2v) is 6.77. The fourth-order valence-electron chi connectivity index (χ4n) is 3.55. The molecule has 3 rings (SSSR count). The van der Waals surface area contributed by atoms with Gasteiger partial charge in [0.1, 0.15) is 0 Å². The molecule has 2 atom stereocenters. The predicted octanol–water partition coefficient (Wildman–Crippen LogP) is 2.80. The van der Waals surface area contributed by atoms with Gasteiger partial charge in [0.25, 0.3) is 5.91 Å². The Hall–Kier alpha value is -0.910. The standard InChI is InChI=1S/C16H23NO3S/c1-2-19-12-16-6-3-8-20-14(16)4-7-17(11-16)15(18)13-5-9-21-10-13/h5,9-10,14H,2-4,6-8,11-12H2,1H3/t14-,16+/m0/s1. The van der Waals surface area contributed by atoms with E-state index in [1.54, 1.807) is 11.3 Å². The first-order valence-electron chi connectivity index (χ1n) is 7.76. The molecular formula is C16H23NO3S. The van der Waals surface area contributed by atoms with E-state index < -0.39 is 0 Å². The number of thiophene rings is 1. The maximum atomic E-state index is 12.6. The summed E-state index contributed by atoms with van der Waals surface area (Å²) in [6.07, 6.45) is 3.31. The average Bonchev–Trinajstić information content (AvgIpc) is 3.06. The van der Waals surface area contributed by atoms with E-state index in [9.17, 15) is 4.79 Å². The van der Waals surface area contributed by atoms with Crippen LogP contribution in [0.3, 0.4) is 0 Å². The molecule has 2 aliphatic rings. The molecule has 21 heavy (non-hydrogen) atoms. The van der Waals surface area contributed by atoms with Gasteiger partial charge in [-0.05, 0) is 37.6 Å². The highest BCUT2D eigenvalue weighted by Gasteiger charge is 2.47. The quantitative estimate of drug-likeness (QED) is 0.858. The van der Waals surface area contributed by atoms with Crippen LogP contribution in [0.5, 0.6) is 0 Å². The van der Waals surface area contributed by atoms with E-state index in [1.807, 2.05) is 28.7 Å². The first-order chi connectivity index (χ1) is 10.2. The molecule has 3 heterocycles. The monoisotopic (exact) mass is 309 g/mol. The lowest BCUT2D eigenvalue weighted by atomic mass is 9.73. The van der Waals surface area contributed by atoms with Gasteiger partial charge < -0.3 is 14.4 Å². The molecule has 2 saturated heterocycles. The second-order valence-electron chi connectivity index (χ2n) is 5.99. The first-order valence-corrected chi connectivity index (χ1v) is 8.70. The summed E-state index contributed by atoms with van der Waals surface area (Å²) in [7, 11) is 0. The van der Waals surface area contributed by atoms with E-state index in [-0.39, 0.29) is 17.4 Å². The number of carbonyl (C=O) groups excluding carboxylic acids is 1. The minimum atomic E-state index is -0.0157. The van der Waals surface area contributed by atoms with Crippen molar-refractivity contribution in [3.05, 3.63) is 22.4 Å². The van der Waals surface area contributed by atoms with Gasteiger partial charge in [-0.2, -0.15) is 11.3 Å².